The molecule has 0 bridgehead atoms. The molecule has 0 aromatic heterocycles. The Labute approximate surface area is 213 Å². The number of thioether (sulfide) groups is 1. The molecule has 0 radical (unpaired) electrons. The molecule has 2 amide bonds. The van der Waals surface area contributed by atoms with Gasteiger partial charge in [-0.2, -0.15) is 5.26 Å². The van der Waals surface area contributed by atoms with Gasteiger partial charge < -0.3 is 5.32 Å². The Morgan fingerprint density at radius 3 is 2.44 bits per heavy atom. The number of nitrogens with zero attached hydrogens (tertiary/aromatic N) is 2. The second-order valence-electron chi connectivity index (χ2n) is 7.31. The second-order valence-corrected chi connectivity index (χ2v) is 9.82. The van der Waals surface area contributed by atoms with Crippen LogP contribution >= 0.6 is 39.3 Å². The number of amides is 2. The molecular weight excluding hydrogens is 541 g/mol. The van der Waals surface area contributed by atoms with E-state index >= 15 is 0 Å². The van der Waals surface area contributed by atoms with Crippen molar-refractivity contribution in [2.45, 2.75) is 11.7 Å². The fraction of sp³-hybridized carbons (Fsp3) is 0.0800. The molecule has 34 heavy (non-hydrogen) atoms. The van der Waals surface area contributed by atoms with Crippen molar-refractivity contribution in [3.63, 3.8) is 0 Å². The highest BCUT2D eigenvalue weighted by molar-refractivity contribution is 9.10. The summed E-state index contributed by atoms with van der Waals surface area (Å²) in [5, 5.41) is 12.7. The third-order valence-electron chi connectivity index (χ3n) is 5.06. The number of carbonyl (C=O) groups is 2. The van der Waals surface area contributed by atoms with Crippen LogP contribution in [0.25, 0.3) is 0 Å². The smallest absolute Gasteiger partial charge is 0.269 e. The number of rotatable bonds is 5. The Morgan fingerprint density at radius 1 is 1.12 bits per heavy atom. The molecule has 5 nitrogen and oxygen atoms in total. The molecule has 4 rings (SSSR count). The van der Waals surface area contributed by atoms with Crippen LogP contribution in [0, 0.1) is 17.1 Å². The van der Waals surface area contributed by atoms with Crippen molar-refractivity contribution in [1.82, 2.24) is 0 Å². The van der Waals surface area contributed by atoms with Gasteiger partial charge in [0.05, 0.1) is 5.25 Å². The van der Waals surface area contributed by atoms with Crippen molar-refractivity contribution in [2.24, 2.45) is 0 Å². The third kappa shape index (κ3) is 5.17. The lowest BCUT2D eigenvalue weighted by molar-refractivity contribution is -0.117. The van der Waals surface area contributed by atoms with Crippen LogP contribution in [0.4, 0.5) is 15.8 Å². The van der Waals surface area contributed by atoms with Crippen molar-refractivity contribution in [2.75, 3.05) is 10.2 Å². The van der Waals surface area contributed by atoms with Crippen LogP contribution < -0.4 is 10.2 Å². The van der Waals surface area contributed by atoms with Crippen LogP contribution in [0.5, 0.6) is 0 Å². The summed E-state index contributed by atoms with van der Waals surface area (Å²) in [7, 11) is 0. The van der Waals surface area contributed by atoms with Crippen LogP contribution in [0.3, 0.4) is 0 Å². The number of nitriles is 1. The molecule has 9 heteroatoms. The van der Waals surface area contributed by atoms with Gasteiger partial charge in [-0.1, -0.05) is 57.5 Å². The average molecular weight is 557 g/mol. The highest BCUT2D eigenvalue weighted by atomic mass is 79.9. The van der Waals surface area contributed by atoms with Crippen LogP contribution in [0.2, 0.25) is 5.02 Å². The van der Waals surface area contributed by atoms with Gasteiger partial charge in [0.15, 0.2) is 0 Å². The normalized spacial score (nSPS) is 16.8. The molecule has 1 atom stereocenters. The molecule has 1 N–H and O–H groups in total. The fourth-order valence-corrected chi connectivity index (χ4v) is 5.18. The minimum Gasteiger partial charge on any atom is -0.321 e. The van der Waals surface area contributed by atoms with Gasteiger partial charge in [0, 0.05) is 20.9 Å². The van der Waals surface area contributed by atoms with E-state index in [1.165, 1.54) is 29.2 Å². The van der Waals surface area contributed by atoms with Gasteiger partial charge in [-0.15, -0.1) is 0 Å². The molecule has 0 unspecified atom stereocenters. The molecule has 3 aromatic carbocycles. The number of halogens is 3. The number of carbonyl (C=O) groups excluding carboxylic acids is 2. The van der Waals surface area contributed by atoms with Gasteiger partial charge in [0.2, 0.25) is 5.91 Å². The molecule has 170 valence electrons. The fourth-order valence-electron chi connectivity index (χ4n) is 3.40. The SMILES string of the molecule is N#C/C(C(=O)Nc1ccc(Br)cc1)=C1/S[C@@H](Cc2ccccc2Cl)C(=O)N1c1ccc(F)cc1. The van der Waals surface area contributed by atoms with E-state index < -0.39 is 17.0 Å². The Kier molecular flexibility index (Phi) is 7.37. The molecule has 3 aromatic rings. The lowest BCUT2D eigenvalue weighted by atomic mass is 10.1. The molecule has 1 heterocycles. The Bertz CT molecular complexity index is 1320. The molecule has 0 aliphatic carbocycles. The number of anilines is 2. The van der Waals surface area contributed by atoms with Gasteiger partial charge in [0.25, 0.3) is 5.91 Å². The van der Waals surface area contributed by atoms with E-state index in [-0.39, 0.29) is 16.5 Å². The van der Waals surface area contributed by atoms with Crippen molar-refractivity contribution >= 4 is 62.5 Å². The lowest BCUT2D eigenvalue weighted by Gasteiger charge is -2.18. The Balaban J connectivity index is 1.73. The summed E-state index contributed by atoms with van der Waals surface area (Å²) in [6.07, 6.45) is 0.303. The number of benzene rings is 3. The molecular formula is C25H16BrClFN3O2S. The molecule has 1 aliphatic heterocycles. The number of hydrogen-bond donors (Lipinski definition) is 1. The van der Waals surface area contributed by atoms with E-state index in [2.05, 4.69) is 21.2 Å². The highest BCUT2D eigenvalue weighted by Gasteiger charge is 2.41. The van der Waals surface area contributed by atoms with Gasteiger partial charge in [-0.3, -0.25) is 14.5 Å². The van der Waals surface area contributed by atoms with Crippen molar-refractivity contribution in [1.29, 1.82) is 5.26 Å². The Morgan fingerprint density at radius 2 is 1.79 bits per heavy atom. The first-order valence-corrected chi connectivity index (χ1v) is 12.1. The largest absolute Gasteiger partial charge is 0.321 e. The first kappa shape index (κ1) is 24.0. The molecule has 0 spiro atoms. The minimum absolute atomic E-state index is 0.186. The topological polar surface area (TPSA) is 73.2 Å². The van der Waals surface area contributed by atoms with Gasteiger partial charge >= 0.3 is 0 Å². The number of hydrogen-bond acceptors (Lipinski definition) is 4. The molecule has 1 aliphatic rings. The van der Waals surface area contributed by atoms with Crippen LogP contribution in [0.15, 0.2) is 87.9 Å². The van der Waals surface area contributed by atoms with E-state index in [9.17, 15) is 19.2 Å². The standard InChI is InChI=1S/C25H16BrClFN3O2S/c26-16-5-9-18(10-6-16)30-23(32)20(14-29)25-31(19-11-7-17(28)8-12-19)24(33)22(34-25)13-15-3-1-2-4-21(15)27/h1-12,22H,13H2,(H,30,32)/b25-20-/t22-/m0/s1. The first-order chi connectivity index (χ1) is 16.4. The minimum atomic E-state index is -0.648. The summed E-state index contributed by atoms with van der Waals surface area (Å²) in [4.78, 5) is 27.8. The lowest BCUT2D eigenvalue weighted by Crippen LogP contribution is -2.31. The highest BCUT2D eigenvalue weighted by Crippen LogP contribution is 2.42. The van der Waals surface area contributed by atoms with Crippen molar-refractivity contribution in [3.05, 3.63) is 104 Å². The van der Waals surface area contributed by atoms with Crippen LogP contribution in [-0.4, -0.2) is 17.1 Å². The van der Waals surface area contributed by atoms with Gasteiger partial charge in [0.1, 0.15) is 22.5 Å². The van der Waals surface area contributed by atoms with Gasteiger partial charge in [-0.25, -0.2) is 4.39 Å². The summed E-state index contributed by atoms with van der Waals surface area (Å²) >= 11 is 10.7. The van der Waals surface area contributed by atoms with E-state index in [1.807, 2.05) is 18.2 Å². The zero-order chi connectivity index (χ0) is 24.2. The summed E-state index contributed by atoms with van der Waals surface area (Å²) in [6, 6.07) is 21.3. The summed E-state index contributed by atoms with van der Waals surface area (Å²) in [5.41, 5.74) is 1.41. The first-order valence-electron chi connectivity index (χ1n) is 10.1. The van der Waals surface area contributed by atoms with Crippen LogP contribution in [0.1, 0.15) is 5.56 Å². The van der Waals surface area contributed by atoms with E-state index in [4.69, 9.17) is 11.6 Å². The van der Waals surface area contributed by atoms with Crippen molar-refractivity contribution < 1.29 is 14.0 Å². The van der Waals surface area contributed by atoms with Crippen molar-refractivity contribution in [3.8, 4) is 6.07 Å². The van der Waals surface area contributed by atoms with Gasteiger partial charge in [-0.05, 0) is 66.6 Å². The monoisotopic (exact) mass is 555 g/mol. The van der Waals surface area contributed by atoms with E-state index in [0.717, 1.165) is 21.8 Å². The zero-order valence-electron chi connectivity index (χ0n) is 17.5. The third-order valence-corrected chi connectivity index (χ3v) is 7.22. The van der Waals surface area contributed by atoms with E-state index in [1.54, 1.807) is 36.4 Å². The molecule has 1 saturated heterocycles. The molecule has 0 saturated carbocycles. The molecule has 1 fully saturated rings. The maximum Gasteiger partial charge on any atom is 0.269 e. The maximum atomic E-state index is 13.5. The predicted molar refractivity (Wildman–Crippen MR) is 136 cm³/mol. The second kappa shape index (κ2) is 10.4. The summed E-state index contributed by atoms with van der Waals surface area (Å²) < 4.78 is 14.4. The predicted octanol–water partition coefficient (Wildman–Crippen LogP) is 6.31. The Hall–Kier alpha value is -3.12. The maximum absolute atomic E-state index is 13.5. The summed E-state index contributed by atoms with van der Waals surface area (Å²) in [6.45, 7) is 0. The summed E-state index contributed by atoms with van der Waals surface area (Å²) in [5.74, 6) is -1.43. The zero-order valence-corrected chi connectivity index (χ0v) is 20.6. The average Bonchev–Trinajstić information content (AvgIpc) is 3.13. The van der Waals surface area contributed by atoms with Crippen LogP contribution in [-0.2, 0) is 16.0 Å². The quantitative estimate of drug-likeness (QED) is 0.295. The number of nitrogens with one attached hydrogen (secondary N) is 1. The van der Waals surface area contributed by atoms with E-state index in [0.29, 0.717) is 22.8 Å².